The van der Waals surface area contributed by atoms with Crippen molar-refractivity contribution in [1.82, 2.24) is 24.9 Å². The van der Waals surface area contributed by atoms with Gasteiger partial charge in [0.25, 0.3) is 0 Å². The van der Waals surface area contributed by atoms with Gasteiger partial charge in [0.2, 0.25) is 53.2 Å². The van der Waals surface area contributed by atoms with E-state index in [0.29, 0.717) is 101 Å². The van der Waals surface area contributed by atoms with Crippen molar-refractivity contribution in [2.24, 2.45) is 158 Å². The van der Waals surface area contributed by atoms with Crippen molar-refractivity contribution >= 4 is 70.5 Å². The van der Waals surface area contributed by atoms with E-state index in [1.165, 1.54) is 103 Å². The molecule has 0 radical (unpaired) electrons. The van der Waals surface area contributed by atoms with Gasteiger partial charge in [0.1, 0.15) is 17.3 Å². The summed E-state index contributed by atoms with van der Waals surface area (Å²) in [6, 6.07) is 0. The smallest absolute Gasteiger partial charge is 0.233 e. The first-order chi connectivity index (χ1) is 61.7. The zero-order valence-electron chi connectivity index (χ0n) is 102. The minimum absolute atomic E-state index is 0.00688. The van der Waals surface area contributed by atoms with Crippen LogP contribution in [0.2, 0.25) is 0 Å². The summed E-state index contributed by atoms with van der Waals surface area (Å²) < 4.78 is 0. The fourth-order valence-electron chi connectivity index (χ4n) is 20.8. The normalized spacial score (nSPS) is 24.4. The lowest BCUT2D eigenvalue weighted by Crippen LogP contribution is -2.46. The van der Waals surface area contributed by atoms with Crippen LogP contribution in [-0.4, -0.2) is 121 Å². The number of carbonyl (C=O) groups excluding carboxylic acids is 12. The largest absolute Gasteiger partial charge is 0.355 e. The molecule has 4 atom stereocenters. The van der Waals surface area contributed by atoms with Gasteiger partial charge in [-0.05, 0) is 264 Å². The van der Waals surface area contributed by atoms with Crippen LogP contribution < -0.4 is 5.32 Å². The Morgan fingerprint density at radius 2 is 0.479 bits per heavy atom. The van der Waals surface area contributed by atoms with Crippen molar-refractivity contribution in [3.63, 3.8) is 0 Å². The van der Waals surface area contributed by atoms with Crippen LogP contribution in [0.5, 0.6) is 0 Å². The molecule has 140 heavy (non-hydrogen) atoms. The zero-order chi connectivity index (χ0) is 111. The summed E-state index contributed by atoms with van der Waals surface area (Å²) in [6.45, 7) is 116. The van der Waals surface area contributed by atoms with Crippen molar-refractivity contribution in [3.05, 3.63) is 0 Å². The number of nitrogens with one attached hydrogen (secondary N) is 1. The van der Waals surface area contributed by atoms with E-state index in [-0.39, 0.29) is 142 Å². The van der Waals surface area contributed by atoms with Crippen LogP contribution in [0.25, 0.3) is 0 Å². The number of imide groups is 4. The molecule has 17 nitrogen and oxygen atoms in total. The minimum Gasteiger partial charge on any atom is -0.355 e. The number of nitrogens with zero attached hydrogens (tertiary/aromatic N) is 4. The number of Topliss-reactive ketones (excluding diaryl/α,β-unsaturated/α-hetero) is 3. The molecule has 0 aromatic heterocycles. The molecule has 4 saturated carbocycles. The van der Waals surface area contributed by atoms with Crippen LogP contribution in [0, 0.1) is 158 Å². The lowest BCUT2D eigenvalue weighted by Gasteiger charge is -2.41. The van der Waals surface area contributed by atoms with E-state index >= 15 is 0 Å². The maximum atomic E-state index is 12.2. The van der Waals surface area contributed by atoms with Gasteiger partial charge in [-0.15, -0.1) is 0 Å². The van der Waals surface area contributed by atoms with Crippen LogP contribution in [0.15, 0.2) is 0 Å². The molecule has 8 rings (SSSR count). The second kappa shape index (κ2) is 51.3. The van der Waals surface area contributed by atoms with Crippen LogP contribution in [0.1, 0.15) is 528 Å². The highest BCUT2D eigenvalue weighted by molar-refractivity contribution is 6.06. The number of rotatable bonds is 10. The molecule has 0 spiro atoms. The fourth-order valence-corrected chi connectivity index (χ4v) is 20.8. The molecule has 8 fully saturated rings. The second-order valence-corrected chi connectivity index (χ2v) is 64.4. The highest BCUT2D eigenvalue weighted by atomic mass is 16.2. The Balaban J connectivity index is 0.00000156. The highest BCUT2D eigenvalue weighted by Crippen LogP contribution is 2.49. The van der Waals surface area contributed by atoms with Crippen molar-refractivity contribution in [2.45, 2.75) is 539 Å². The molecule has 4 saturated heterocycles. The molecular weight excluding hydrogens is 1740 g/mol. The Morgan fingerprint density at radius 3 is 0.636 bits per heavy atom. The molecule has 4 unspecified atom stereocenters. The topological polar surface area (TPSA) is 230 Å². The molecule has 17 heteroatoms. The quantitative estimate of drug-likeness (QED) is 0.201. The van der Waals surface area contributed by atoms with Gasteiger partial charge >= 0.3 is 0 Å². The van der Waals surface area contributed by atoms with Crippen molar-refractivity contribution in [2.75, 3.05) is 19.6 Å². The van der Waals surface area contributed by atoms with E-state index in [4.69, 9.17) is 0 Å². The van der Waals surface area contributed by atoms with Gasteiger partial charge in [-0.25, -0.2) is 0 Å². The van der Waals surface area contributed by atoms with E-state index in [9.17, 15) is 57.5 Å². The van der Waals surface area contributed by atoms with E-state index in [1.807, 2.05) is 187 Å². The number of hydrogen-bond acceptors (Lipinski definition) is 12. The fraction of sp³-hybridized carbons (Fsp3) is 0.902. The Kier molecular flexibility index (Phi) is 49.5. The average Bonchev–Trinajstić information content (AvgIpc) is 1.65. The molecule has 0 aromatic rings. The molecule has 4 aliphatic carbocycles. The lowest BCUT2D eigenvalue weighted by atomic mass is 9.64. The molecule has 818 valence electrons. The van der Waals surface area contributed by atoms with Crippen LogP contribution in [0.3, 0.4) is 0 Å². The summed E-state index contributed by atoms with van der Waals surface area (Å²) in [7, 11) is 0. The summed E-state index contributed by atoms with van der Waals surface area (Å²) in [6.07, 6.45) is 26.0. The minimum atomic E-state index is -0.395. The van der Waals surface area contributed by atoms with Gasteiger partial charge in [-0.1, -0.05) is 332 Å². The third-order valence-electron chi connectivity index (χ3n) is 28.9. The highest BCUT2D eigenvalue weighted by Gasteiger charge is 2.52. The Labute approximate surface area is 864 Å². The third kappa shape index (κ3) is 51.1. The van der Waals surface area contributed by atoms with E-state index in [1.54, 1.807) is 0 Å². The van der Waals surface area contributed by atoms with E-state index < -0.39 is 11.1 Å². The first kappa shape index (κ1) is 135. The van der Waals surface area contributed by atoms with Crippen molar-refractivity contribution in [1.29, 1.82) is 0 Å². The van der Waals surface area contributed by atoms with Crippen LogP contribution in [-0.2, 0) is 57.5 Å². The summed E-state index contributed by atoms with van der Waals surface area (Å²) in [5, 5.41) is 3.12. The van der Waals surface area contributed by atoms with Gasteiger partial charge in [0.15, 0.2) is 0 Å². The van der Waals surface area contributed by atoms with Crippen molar-refractivity contribution in [3.8, 4) is 0 Å². The number of ketones is 3. The summed E-state index contributed by atoms with van der Waals surface area (Å²) in [4.78, 5) is 150. The van der Waals surface area contributed by atoms with E-state index in [0.717, 1.165) is 74.7 Å². The molecule has 4 aliphatic heterocycles. The molecular formula is C123H229N5O12. The maximum absolute atomic E-state index is 12.2. The van der Waals surface area contributed by atoms with Gasteiger partial charge < -0.3 is 5.32 Å². The molecule has 1 N–H and O–H groups in total. The monoisotopic (exact) mass is 1970 g/mol. The van der Waals surface area contributed by atoms with Crippen LogP contribution >= 0.6 is 0 Å². The molecule has 9 amide bonds. The SMILES string of the molecule is CC(C)(C)C1CC(=O)N(C(C)(C)C)C1=O.CC(C)(C)C1CC(=O)N(C(C)(C)C)C1=O.CC(C)(C)C1CCC(C(C)(C)C)CC1.CC(C)(C)CC(=O)C(C)(C)C.CC(C)(C)CC1CCC(C(=O)C(C)(C)C)CC1.CC(C)(C)CC1CCC(C(=O)C(C)(C)C)CC1.CC(C)(C)CN1C(=O)CC(C(C)(C)C)C1=O.CC(C)(C)CN1C(=O)CC(C(C)(C)C)C1=O.CC(C)(C)CNC(=O)C1CCC(CC(C)(C)C)CC1. The number of likely N-dealkylation sites (tertiary alicyclic amines) is 4. The molecule has 0 aromatic carbocycles. The van der Waals surface area contributed by atoms with Gasteiger partial charge in [-0.2, -0.15) is 0 Å². The Morgan fingerprint density at radius 1 is 0.250 bits per heavy atom. The second-order valence-electron chi connectivity index (χ2n) is 64.4. The number of hydrogen-bond donors (Lipinski definition) is 1. The predicted molar refractivity (Wildman–Crippen MR) is 589 cm³/mol. The summed E-state index contributed by atoms with van der Waals surface area (Å²) in [5.41, 5.74) is 0.825. The third-order valence-corrected chi connectivity index (χ3v) is 28.9. The Hall–Kier alpha value is -4.96. The molecule has 8 aliphatic rings. The number of carbonyl (C=O) groups is 12. The first-order valence-electron chi connectivity index (χ1n) is 55.1. The van der Waals surface area contributed by atoms with Crippen LogP contribution in [0.4, 0.5) is 0 Å². The van der Waals surface area contributed by atoms with Crippen molar-refractivity contribution < 1.29 is 57.5 Å². The summed E-state index contributed by atoms with van der Waals surface area (Å²) in [5.74, 6) is 6.23. The lowest BCUT2D eigenvalue weighted by molar-refractivity contribution is -0.147. The summed E-state index contributed by atoms with van der Waals surface area (Å²) >= 11 is 0. The average molecular weight is 1970 g/mol. The predicted octanol–water partition coefficient (Wildman–Crippen LogP) is 31.3. The standard InChI is InChI=1S/C17H33NO.2C16H30O.C14H28.2C13H23NO2.2C12H21NO2.C10H20O/c1-16(2,3)11-13-7-9-14(10-8-13)15(19)18-12-17(4,5)6;2*1-15(2,3)11-12-7-9-13(10-8-12)14(17)16(4,5)6;1-13(2,3)11-7-9-12(10-8-11)14(4,5)6;2*1-12(2,3)8-14-10(15)7-9(11(14)16)13(4,5)6;2*1-11(2,3)8-7-9(14)13(10(8)15)12(4,5)6;1-9(2,3)7-8(11)10(4,5)6/h13-14H,7-12H2,1-6H3,(H,18,19);2*12-13H,7-11H2,1-6H3;11-12H,7-10H2,1-6H3;2*9H,7-8H2,1-6H3;2*8H,7H2,1-6H3;7H2,1-6H3. The molecule has 4 heterocycles. The van der Waals surface area contributed by atoms with Gasteiger partial charge in [0.05, 0.1) is 23.7 Å². The van der Waals surface area contributed by atoms with Gasteiger partial charge in [-0.3, -0.25) is 77.1 Å². The maximum Gasteiger partial charge on any atom is 0.233 e. The van der Waals surface area contributed by atoms with E-state index in [2.05, 4.69) is 192 Å². The first-order valence-corrected chi connectivity index (χ1v) is 55.1. The molecule has 0 bridgehead atoms. The number of amides is 9. The zero-order valence-corrected chi connectivity index (χ0v) is 102. The Bertz CT molecular complexity index is 3730. The van der Waals surface area contributed by atoms with Gasteiger partial charge in [0, 0.05) is 96.8 Å².